The SMILES string of the molecule is CCNCc1ncc(-c2cc(C)cc(C)c2)o1. The number of nitrogens with zero attached hydrogens (tertiary/aromatic N) is 1. The first-order valence-corrected chi connectivity index (χ1v) is 5.93. The van der Waals surface area contributed by atoms with E-state index in [2.05, 4.69) is 49.3 Å². The number of hydrogen-bond donors (Lipinski definition) is 1. The molecule has 0 saturated carbocycles. The maximum Gasteiger partial charge on any atom is 0.208 e. The van der Waals surface area contributed by atoms with Gasteiger partial charge in [0.1, 0.15) is 0 Å². The molecular formula is C14H18N2O. The van der Waals surface area contributed by atoms with Crippen LogP contribution in [0.4, 0.5) is 0 Å². The number of aromatic nitrogens is 1. The van der Waals surface area contributed by atoms with Crippen LogP contribution in [0, 0.1) is 13.8 Å². The van der Waals surface area contributed by atoms with Gasteiger partial charge in [0, 0.05) is 5.56 Å². The summed E-state index contributed by atoms with van der Waals surface area (Å²) in [5.74, 6) is 1.57. The van der Waals surface area contributed by atoms with Gasteiger partial charge in [-0.3, -0.25) is 0 Å². The van der Waals surface area contributed by atoms with E-state index in [4.69, 9.17) is 4.42 Å². The van der Waals surface area contributed by atoms with E-state index in [-0.39, 0.29) is 0 Å². The largest absolute Gasteiger partial charge is 0.439 e. The van der Waals surface area contributed by atoms with Crippen molar-refractivity contribution in [3.63, 3.8) is 0 Å². The summed E-state index contributed by atoms with van der Waals surface area (Å²) < 4.78 is 5.71. The van der Waals surface area contributed by atoms with E-state index in [0.717, 1.165) is 23.8 Å². The quantitative estimate of drug-likeness (QED) is 0.877. The van der Waals surface area contributed by atoms with Crippen LogP contribution in [0.15, 0.2) is 28.8 Å². The Kier molecular flexibility index (Phi) is 3.59. The predicted octanol–water partition coefficient (Wildman–Crippen LogP) is 3.07. The van der Waals surface area contributed by atoms with Gasteiger partial charge < -0.3 is 9.73 Å². The molecule has 0 aliphatic heterocycles. The molecule has 0 fully saturated rings. The maximum atomic E-state index is 5.71. The molecule has 0 spiro atoms. The Morgan fingerprint density at radius 2 is 1.88 bits per heavy atom. The standard InChI is InChI=1S/C14H18N2O/c1-4-15-9-14-16-8-13(17-14)12-6-10(2)5-11(3)7-12/h5-8,15H,4,9H2,1-3H3. The summed E-state index contributed by atoms with van der Waals surface area (Å²) in [6.45, 7) is 7.84. The first-order chi connectivity index (χ1) is 8.19. The van der Waals surface area contributed by atoms with E-state index in [0.29, 0.717) is 6.54 Å². The number of hydrogen-bond acceptors (Lipinski definition) is 3. The Morgan fingerprint density at radius 3 is 2.53 bits per heavy atom. The van der Waals surface area contributed by atoms with Gasteiger partial charge in [-0.1, -0.05) is 24.1 Å². The Morgan fingerprint density at radius 1 is 1.18 bits per heavy atom. The van der Waals surface area contributed by atoms with E-state index in [9.17, 15) is 0 Å². The van der Waals surface area contributed by atoms with Gasteiger partial charge >= 0.3 is 0 Å². The van der Waals surface area contributed by atoms with Gasteiger partial charge in [-0.15, -0.1) is 0 Å². The fraction of sp³-hybridized carbons (Fsp3) is 0.357. The topological polar surface area (TPSA) is 38.1 Å². The Bertz CT molecular complexity index is 482. The molecule has 17 heavy (non-hydrogen) atoms. The number of oxazole rings is 1. The molecule has 3 heteroatoms. The summed E-state index contributed by atoms with van der Waals surface area (Å²) in [5, 5.41) is 3.20. The zero-order chi connectivity index (χ0) is 12.3. The molecule has 0 radical (unpaired) electrons. The zero-order valence-corrected chi connectivity index (χ0v) is 10.6. The molecular weight excluding hydrogens is 212 g/mol. The van der Waals surface area contributed by atoms with Crippen LogP contribution in [0.5, 0.6) is 0 Å². The third-order valence-corrected chi connectivity index (χ3v) is 2.59. The summed E-state index contributed by atoms with van der Waals surface area (Å²) in [6, 6.07) is 6.38. The Balaban J connectivity index is 2.24. The highest BCUT2D eigenvalue weighted by Crippen LogP contribution is 2.22. The minimum absolute atomic E-state index is 0.682. The van der Waals surface area contributed by atoms with E-state index in [1.165, 1.54) is 11.1 Å². The molecule has 3 nitrogen and oxygen atoms in total. The Labute approximate surface area is 102 Å². The molecule has 0 aliphatic carbocycles. The molecule has 1 aromatic carbocycles. The van der Waals surface area contributed by atoms with Crippen LogP contribution in [0.25, 0.3) is 11.3 Å². The van der Waals surface area contributed by atoms with Gasteiger partial charge in [0.15, 0.2) is 5.76 Å². The molecule has 0 bridgehead atoms. The molecule has 0 saturated heterocycles. The number of aryl methyl sites for hydroxylation is 2. The van der Waals surface area contributed by atoms with Gasteiger partial charge in [0.05, 0.1) is 12.7 Å². The average Bonchev–Trinajstić information content (AvgIpc) is 2.73. The van der Waals surface area contributed by atoms with Crippen molar-refractivity contribution < 1.29 is 4.42 Å². The van der Waals surface area contributed by atoms with Gasteiger partial charge in [-0.2, -0.15) is 0 Å². The number of benzene rings is 1. The maximum absolute atomic E-state index is 5.71. The van der Waals surface area contributed by atoms with E-state index >= 15 is 0 Å². The fourth-order valence-corrected chi connectivity index (χ4v) is 1.87. The second-order valence-electron chi connectivity index (χ2n) is 4.27. The lowest BCUT2D eigenvalue weighted by Gasteiger charge is -2.01. The molecule has 2 aromatic rings. The first kappa shape index (κ1) is 11.9. The van der Waals surface area contributed by atoms with Crippen LogP contribution in [-0.4, -0.2) is 11.5 Å². The molecule has 2 rings (SSSR count). The normalized spacial score (nSPS) is 10.8. The van der Waals surface area contributed by atoms with Crippen molar-refractivity contribution in [2.24, 2.45) is 0 Å². The lowest BCUT2D eigenvalue weighted by atomic mass is 10.1. The zero-order valence-electron chi connectivity index (χ0n) is 10.6. The van der Waals surface area contributed by atoms with Crippen molar-refractivity contribution >= 4 is 0 Å². The lowest BCUT2D eigenvalue weighted by molar-refractivity contribution is 0.482. The summed E-state index contributed by atoms with van der Waals surface area (Å²) in [4.78, 5) is 4.26. The van der Waals surface area contributed by atoms with Crippen LogP contribution in [0.1, 0.15) is 23.9 Å². The second kappa shape index (κ2) is 5.15. The predicted molar refractivity (Wildman–Crippen MR) is 68.8 cm³/mol. The molecule has 0 atom stereocenters. The fourth-order valence-electron chi connectivity index (χ4n) is 1.87. The monoisotopic (exact) mass is 230 g/mol. The average molecular weight is 230 g/mol. The van der Waals surface area contributed by atoms with Gasteiger partial charge in [0.25, 0.3) is 0 Å². The van der Waals surface area contributed by atoms with Crippen LogP contribution in [-0.2, 0) is 6.54 Å². The number of rotatable bonds is 4. The molecule has 1 heterocycles. The lowest BCUT2D eigenvalue weighted by Crippen LogP contribution is -2.11. The summed E-state index contributed by atoms with van der Waals surface area (Å²) >= 11 is 0. The van der Waals surface area contributed by atoms with Crippen molar-refractivity contribution in [3.05, 3.63) is 41.4 Å². The summed E-state index contributed by atoms with van der Waals surface area (Å²) in [6.07, 6.45) is 1.79. The van der Waals surface area contributed by atoms with E-state index in [1.807, 2.05) is 0 Å². The van der Waals surface area contributed by atoms with Gasteiger partial charge in [-0.25, -0.2) is 4.98 Å². The smallest absolute Gasteiger partial charge is 0.208 e. The highest BCUT2D eigenvalue weighted by atomic mass is 16.4. The van der Waals surface area contributed by atoms with E-state index in [1.54, 1.807) is 6.20 Å². The van der Waals surface area contributed by atoms with Crippen LogP contribution >= 0.6 is 0 Å². The Hall–Kier alpha value is -1.61. The molecule has 0 aliphatic rings. The molecule has 1 N–H and O–H groups in total. The molecule has 1 aromatic heterocycles. The molecule has 0 unspecified atom stereocenters. The molecule has 90 valence electrons. The third-order valence-electron chi connectivity index (χ3n) is 2.59. The van der Waals surface area contributed by atoms with Crippen LogP contribution in [0.3, 0.4) is 0 Å². The second-order valence-corrected chi connectivity index (χ2v) is 4.27. The van der Waals surface area contributed by atoms with Crippen molar-refractivity contribution in [1.82, 2.24) is 10.3 Å². The minimum Gasteiger partial charge on any atom is -0.439 e. The van der Waals surface area contributed by atoms with Gasteiger partial charge in [-0.05, 0) is 32.5 Å². The highest BCUT2D eigenvalue weighted by Gasteiger charge is 2.06. The molecule has 0 amide bonds. The minimum atomic E-state index is 0.682. The number of nitrogens with one attached hydrogen (secondary N) is 1. The van der Waals surface area contributed by atoms with Crippen molar-refractivity contribution in [2.75, 3.05) is 6.54 Å². The third kappa shape index (κ3) is 2.94. The van der Waals surface area contributed by atoms with Crippen molar-refractivity contribution in [1.29, 1.82) is 0 Å². The van der Waals surface area contributed by atoms with E-state index < -0.39 is 0 Å². The summed E-state index contributed by atoms with van der Waals surface area (Å²) in [7, 11) is 0. The first-order valence-electron chi connectivity index (χ1n) is 5.93. The van der Waals surface area contributed by atoms with Crippen molar-refractivity contribution in [3.8, 4) is 11.3 Å². The van der Waals surface area contributed by atoms with Crippen LogP contribution in [0.2, 0.25) is 0 Å². The van der Waals surface area contributed by atoms with Crippen LogP contribution < -0.4 is 5.32 Å². The summed E-state index contributed by atoms with van der Waals surface area (Å²) in [5.41, 5.74) is 3.58. The van der Waals surface area contributed by atoms with Crippen molar-refractivity contribution in [2.45, 2.75) is 27.3 Å². The van der Waals surface area contributed by atoms with Gasteiger partial charge in [0.2, 0.25) is 5.89 Å². The highest BCUT2D eigenvalue weighted by molar-refractivity contribution is 5.58.